The quantitative estimate of drug-likeness (QED) is 0.331. The van der Waals surface area contributed by atoms with E-state index in [2.05, 4.69) is 47.1 Å². The van der Waals surface area contributed by atoms with Crippen LogP contribution in [0.15, 0.2) is 79.0 Å². The van der Waals surface area contributed by atoms with Crippen molar-refractivity contribution in [2.75, 3.05) is 18.4 Å². The minimum Gasteiger partial charge on any atom is -0.359 e. The molecular formula is C33H35F2N3. The first kappa shape index (κ1) is 26.1. The van der Waals surface area contributed by atoms with Crippen molar-refractivity contribution in [3.05, 3.63) is 102 Å². The van der Waals surface area contributed by atoms with Gasteiger partial charge in [-0.3, -0.25) is 0 Å². The zero-order chi connectivity index (χ0) is 26.5. The Bertz CT molecular complexity index is 1290. The molecule has 1 N–H and O–H groups in total. The van der Waals surface area contributed by atoms with Gasteiger partial charge in [0.05, 0.1) is 11.6 Å². The number of hydrogen-bond donors (Lipinski definition) is 1. The van der Waals surface area contributed by atoms with Gasteiger partial charge < -0.3 is 10.2 Å². The van der Waals surface area contributed by atoms with Gasteiger partial charge in [-0.25, -0.2) is 8.78 Å². The first-order chi connectivity index (χ1) is 18.4. The van der Waals surface area contributed by atoms with Crippen LogP contribution >= 0.6 is 0 Å². The second kappa shape index (κ2) is 11.5. The largest absolute Gasteiger partial charge is 0.359 e. The molecule has 1 saturated heterocycles. The van der Waals surface area contributed by atoms with Crippen LogP contribution in [0.25, 0.3) is 11.1 Å². The molecule has 3 nitrogen and oxygen atoms in total. The number of nitrogens with one attached hydrogen (secondary N) is 1. The fourth-order valence-electron chi connectivity index (χ4n) is 6.34. The fraction of sp³-hybridized carbons (Fsp3) is 0.364. The lowest BCUT2D eigenvalue weighted by molar-refractivity contribution is 0.111. The molecule has 3 aromatic rings. The number of nitriles is 1. The summed E-state index contributed by atoms with van der Waals surface area (Å²) in [6.45, 7) is 6.35. The molecule has 1 saturated carbocycles. The van der Waals surface area contributed by atoms with Crippen LogP contribution in [0.2, 0.25) is 0 Å². The zero-order valence-electron chi connectivity index (χ0n) is 21.9. The molecule has 0 atom stereocenters. The Balaban J connectivity index is 1.34. The van der Waals surface area contributed by atoms with Gasteiger partial charge in [-0.2, -0.15) is 5.26 Å². The van der Waals surface area contributed by atoms with Gasteiger partial charge in [0.15, 0.2) is 0 Å². The van der Waals surface area contributed by atoms with Crippen molar-refractivity contribution in [2.24, 2.45) is 0 Å². The maximum absolute atomic E-state index is 13.7. The van der Waals surface area contributed by atoms with Crippen LogP contribution in [0.1, 0.15) is 62.5 Å². The minimum atomic E-state index is -0.601. The lowest BCUT2D eigenvalue weighted by Gasteiger charge is -2.44. The smallest absolute Gasteiger partial charge is 0.128 e. The molecule has 1 heterocycles. The summed E-state index contributed by atoms with van der Waals surface area (Å²) in [7, 11) is 0. The number of allylic oxidation sites excluding steroid dienone is 1. The van der Waals surface area contributed by atoms with E-state index in [-0.39, 0.29) is 5.41 Å². The summed E-state index contributed by atoms with van der Waals surface area (Å²) < 4.78 is 27.3. The van der Waals surface area contributed by atoms with Gasteiger partial charge in [-0.1, -0.05) is 55.8 Å². The normalized spacial score (nSPS) is 17.7. The van der Waals surface area contributed by atoms with Crippen LogP contribution in [0.4, 0.5) is 14.5 Å². The van der Waals surface area contributed by atoms with E-state index in [0.29, 0.717) is 17.7 Å². The summed E-state index contributed by atoms with van der Waals surface area (Å²) in [5, 5.41) is 12.4. The zero-order valence-corrected chi connectivity index (χ0v) is 21.9. The number of benzene rings is 3. The molecule has 0 bridgehead atoms. The van der Waals surface area contributed by atoms with Crippen LogP contribution in [-0.4, -0.2) is 24.0 Å². The SMILES string of the molecule is C=C(CCC1(c2ccc(-c3cccc(C#N)c3)cc2)CCN(C2CCCC2)CC1)Nc1cc(F)cc(F)c1. The Hall–Kier alpha value is -3.49. The van der Waals surface area contributed by atoms with E-state index in [1.807, 2.05) is 24.3 Å². The Kier molecular flexibility index (Phi) is 7.90. The molecule has 2 aliphatic rings. The van der Waals surface area contributed by atoms with Crippen molar-refractivity contribution in [3.63, 3.8) is 0 Å². The highest BCUT2D eigenvalue weighted by molar-refractivity contribution is 5.65. The van der Waals surface area contributed by atoms with Crippen LogP contribution in [0, 0.1) is 23.0 Å². The topological polar surface area (TPSA) is 39.1 Å². The Morgan fingerprint density at radius 3 is 2.29 bits per heavy atom. The van der Waals surface area contributed by atoms with Crippen LogP contribution < -0.4 is 5.32 Å². The maximum atomic E-state index is 13.7. The van der Waals surface area contributed by atoms with Crippen LogP contribution in [0.5, 0.6) is 0 Å². The molecule has 0 unspecified atom stereocenters. The van der Waals surface area contributed by atoms with E-state index in [1.54, 1.807) is 0 Å². The molecule has 0 amide bonds. The van der Waals surface area contributed by atoms with Crippen molar-refractivity contribution in [1.29, 1.82) is 5.26 Å². The van der Waals surface area contributed by atoms with Crippen molar-refractivity contribution in [2.45, 2.75) is 62.8 Å². The molecule has 0 radical (unpaired) electrons. The van der Waals surface area contributed by atoms with Crippen molar-refractivity contribution in [3.8, 4) is 17.2 Å². The Labute approximate surface area is 224 Å². The third kappa shape index (κ3) is 5.97. The van der Waals surface area contributed by atoms with Crippen molar-refractivity contribution in [1.82, 2.24) is 4.90 Å². The number of likely N-dealkylation sites (tertiary alicyclic amines) is 1. The maximum Gasteiger partial charge on any atom is 0.128 e. The number of rotatable bonds is 8. The third-order valence-corrected chi connectivity index (χ3v) is 8.51. The second-order valence-electron chi connectivity index (χ2n) is 10.9. The van der Waals surface area contributed by atoms with E-state index in [0.717, 1.165) is 61.3 Å². The lowest BCUT2D eigenvalue weighted by Crippen LogP contribution is -2.46. The standard InChI is InChI=1S/C33H35F2N3/c1-24(37-31-21-29(34)20-30(35)22-31)13-14-33(15-17-38(18-16-33)32-7-2-3-8-32)28-11-9-26(10-12-28)27-6-4-5-25(19-27)23-36/h4-6,9-12,19-22,32,37H,1-3,7-8,13-18H2. The molecular weight excluding hydrogens is 476 g/mol. The number of halogens is 2. The second-order valence-corrected chi connectivity index (χ2v) is 10.9. The minimum absolute atomic E-state index is 0.0138. The van der Waals surface area contributed by atoms with E-state index in [1.165, 1.54) is 43.4 Å². The van der Waals surface area contributed by atoms with Gasteiger partial charge in [0.2, 0.25) is 0 Å². The van der Waals surface area contributed by atoms with E-state index < -0.39 is 11.6 Å². The summed E-state index contributed by atoms with van der Waals surface area (Å²) in [6, 6.07) is 23.0. The molecule has 0 aromatic heterocycles. The number of piperidine rings is 1. The van der Waals surface area contributed by atoms with Gasteiger partial charge in [-0.15, -0.1) is 0 Å². The number of anilines is 1. The summed E-state index contributed by atoms with van der Waals surface area (Å²) in [5.74, 6) is -1.20. The summed E-state index contributed by atoms with van der Waals surface area (Å²) in [4.78, 5) is 2.69. The molecule has 0 spiro atoms. The van der Waals surface area contributed by atoms with Crippen LogP contribution in [0.3, 0.4) is 0 Å². The first-order valence-corrected chi connectivity index (χ1v) is 13.7. The number of hydrogen-bond acceptors (Lipinski definition) is 3. The molecule has 38 heavy (non-hydrogen) atoms. The van der Waals surface area contributed by atoms with Crippen LogP contribution in [-0.2, 0) is 5.41 Å². The van der Waals surface area contributed by atoms with E-state index in [9.17, 15) is 14.0 Å². The lowest BCUT2D eigenvalue weighted by atomic mass is 9.69. The summed E-state index contributed by atoms with van der Waals surface area (Å²) in [5.41, 5.74) is 5.29. The van der Waals surface area contributed by atoms with Crippen molar-refractivity contribution >= 4 is 5.69 Å². The molecule has 196 valence electrons. The monoisotopic (exact) mass is 511 g/mol. The highest BCUT2D eigenvalue weighted by atomic mass is 19.1. The summed E-state index contributed by atoms with van der Waals surface area (Å²) in [6.07, 6.45) is 9.10. The highest BCUT2D eigenvalue weighted by Gasteiger charge is 2.38. The molecule has 1 aliphatic carbocycles. The Morgan fingerprint density at radius 1 is 0.947 bits per heavy atom. The van der Waals surface area contributed by atoms with E-state index in [4.69, 9.17) is 0 Å². The van der Waals surface area contributed by atoms with Gasteiger partial charge in [-0.05, 0) is 98.0 Å². The highest BCUT2D eigenvalue weighted by Crippen LogP contribution is 2.42. The fourth-order valence-corrected chi connectivity index (χ4v) is 6.34. The summed E-state index contributed by atoms with van der Waals surface area (Å²) >= 11 is 0. The predicted octanol–water partition coefficient (Wildman–Crippen LogP) is 8.19. The van der Waals surface area contributed by atoms with Crippen molar-refractivity contribution < 1.29 is 8.78 Å². The van der Waals surface area contributed by atoms with E-state index >= 15 is 0 Å². The molecule has 5 rings (SSSR count). The van der Waals surface area contributed by atoms with Gasteiger partial charge in [0, 0.05) is 23.5 Å². The van der Waals surface area contributed by atoms with Gasteiger partial charge in [0.25, 0.3) is 0 Å². The van der Waals surface area contributed by atoms with Gasteiger partial charge >= 0.3 is 0 Å². The first-order valence-electron chi connectivity index (χ1n) is 13.7. The predicted molar refractivity (Wildman–Crippen MR) is 150 cm³/mol. The Morgan fingerprint density at radius 2 is 1.63 bits per heavy atom. The molecule has 1 aliphatic heterocycles. The number of nitrogens with zero attached hydrogens (tertiary/aromatic N) is 2. The average Bonchev–Trinajstić information content (AvgIpc) is 3.47. The average molecular weight is 512 g/mol. The van der Waals surface area contributed by atoms with Gasteiger partial charge in [0.1, 0.15) is 11.6 Å². The molecule has 5 heteroatoms. The molecule has 2 fully saturated rings. The molecule has 3 aromatic carbocycles. The third-order valence-electron chi connectivity index (χ3n) is 8.51.